The van der Waals surface area contributed by atoms with Gasteiger partial charge in [0.1, 0.15) is 6.54 Å². The third-order valence-corrected chi connectivity index (χ3v) is 6.67. The lowest BCUT2D eigenvalue weighted by molar-refractivity contribution is -0.908. The second kappa shape index (κ2) is 22.6. The molecule has 0 aliphatic rings. The highest BCUT2D eigenvalue weighted by molar-refractivity contribution is 7.80. The van der Waals surface area contributed by atoms with Crippen molar-refractivity contribution in [2.45, 2.75) is 118 Å². The van der Waals surface area contributed by atoms with Crippen molar-refractivity contribution in [3.05, 3.63) is 0 Å². The fourth-order valence-corrected chi connectivity index (χ4v) is 4.09. The molecule has 196 valence electrons. The minimum Gasteiger partial charge on any atom is -0.726 e. The van der Waals surface area contributed by atoms with E-state index >= 15 is 0 Å². The average molecular weight is 482 g/mol. The maximum absolute atomic E-state index is 9.45. The SMILES string of the molecule is CCOS(=O)(=O)[O-].CC[N+](C)(CCO)CCCCCCCCCCCCCCCC(C)C. The molecule has 0 heterocycles. The van der Waals surface area contributed by atoms with E-state index in [2.05, 4.69) is 32.0 Å². The summed E-state index contributed by atoms with van der Waals surface area (Å²) >= 11 is 0. The van der Waals surface area contributed by atoms with Crippen LogP contribution in [0.3, 0.4) is 0 Å². The predicted molar refractivity (Wildman–Crippen MR) is 134 cm³/mol. The molecule has 0 aromatic heterocycles. The van der Waals surface area contributed by atoms with Crippen molar-refractivity contribution < 1.29 is 26.7 Å². The zero-order chi connectivity index (χ0) is 24.7. The highest BCUT2D eigenvalue weighted by Crippen LogP contribution is 2.15. The molecule has 32 heavy (non-hydrogen) atoms. The van der Waals surface area contributed by atoms with Gasteiger partial charge in [-0.1, -0.05) is 90.9 Å². The Kier molecular flexibility index (Phi) is 24.0. The van der Waals surface area contributed by atoms with Crippen molar-refractivity contribution >= 4 is 10.4 Å². The molecule has 0 radical (unpaired) electrons. The van der Waals surface area contributed by atoms with Crippen molar-refractivity contribution in [3.63, 3.8) is 0 Å². The Morgan fingerprint density at radius 1 is 0.781 bits per heavy atom. The number of likely N-dealkylation sites (N-methyl/N-ethyl adjacent to an activating group) is 1. The van der Waals surface area contributed by atoms with E-state index in [0.717, 1.165) is 23.5 Å². The molecule has 7 heteroatoms. The number of aliphatic hydroxyl groups excluding tert-OH is 1. The highest BCUT2D eigenvalue weighted by Gasteiger charge is 2.17. The van der Waals surface area contributed by atoms with Crippen LogP contribution in [0.15, 0.2) is 0 Å². The molecule has 1 unspecified atom stereocenters. The van der Waals surface area contributed by atoms with Gasteiger partial charge in [0.25, 0.3) is 0 Å². The smallest absolute Gasteiger partial charge is 0.217 e. The maximum atomic E-state index is 9.45. The summed E-state index contributed by atoms with van der Waals surface area (Å²) in [4.78, 5) is 0. The predicted octanol–water partition coefficient (Wildman–Crippen LogP) is 6.05. The van der Waals surface area contributed by atoms with E-state index in [-0.39, 0.29) is 6.61 Å². The first kappa shape index (κ1) is 34.0. The summed E-state index contributed by atoms with van der Waals surface area (Å²) in [5.74, 6) is 0.885. The van der Waals surface area contributed by atoms with Crippen LogP contribution in [0.5, 0.6) is 0 Å². The zero-order valence-corrected chi connectivity index (χ0v) is 22.8. The molecule has 0 aromatic rings. The zero-order valence-electron chi connectivity index (χ0n) is 21.9. The third-order valence-electron chi connectivity index (χ3n) is 6.14. The molecule has 0 amide bonds. The van der Waals surface area contributed by atoms with E-state index in [1.54, 1.807) is 0 Å². The number of hydrogen-bond acceptors (Lipinski definition) is 5. The topological polar surface area (TPSA) is 86.7 Å². The molecule has 0 aromatic carbocycles. The number of unbranched alkanes of at least 4 members (excludes halogenated alkanes) is 12. The van der Waals surface area contributed by atoms with E-state index in [1.807, 2.05) is 0 Å². The first-order valence-corrected chi connectivity index (χ1v) is 14.5. The van der Waals surface area contributed by atoms with Gasteiger partial charge in [-0.3, -0.25) is 4.18 Å². The molecule has 1 N–H and O–H groups in total. The van der Waals surface area contributed by atoms with Crippen LogP contribution in [0, 0.1) is 5.92 Å². The summed E-state index contributed by atoms with van der Waals surface area (Å²) in [6, 6.07) is 0. The van der Waals surface area contributed by atoms with Gasteiger partial charge in [-0.05, 0) is 32.6 Å². The number of hydrogen-bond donors (Lipinski definition) is 1. The molecule has 0 bridgehead atoms. The third kappa shape index (κ3) is 27.8. The summed E-state index contributed by atoms with van der Waals surface area (Å²) < 4.78 is 33.0. The lowest BCUT2D eigenvalue weighted by Crippen LogP contribution is -2.46. The molecular formula is C25H55NO5S. The van der Waals surface area contributed by atoms with Gasteiger partial charge in [-0.2, -0.15) is 0 Å². The summed E-state index contributed by atoms with van der Waals surface area (Å²) in [7, 11) is -2.15. The highest BCUT2D eigenvalue weighted by atomic mass is 32.3. The van der Waals surface area contributed by atoms with Crippen molar-refractivity contribution in [1.29, 1.82) is 0 Å². The maximum Gasteiger partial charge on any atom is 0.217 e. The van der Waals surface area contributed by atoms with Crippen molar-refractivity contribution in [2.24, 2.45) is 5.92 Å². The van der Waals surface area contributed by atoms with Gasteiger partial charge in [-0.15, -0.1) is 0 Å². The van der Waals surface area contributed by atoms with E-state index in [9.17, 15) is 13.0 Å². The molecule has 0 aliphatic heterocycles. The van der Waals surface area contributed by atoms with Crippen molar-refractivity contribution in [1.82, 2.24) is 0 Å². The van der Waals surface area contributed by atoms with Gasteiger partial charge >= 0.3 is 0 Å². The molecule has 0 rings (SSSR count). The van der Waals surface area contributed by atoms with Gasteiger partial charge in [0.2, 0.25) is 10.4 Å². The fraction of sp³-hybridized carbons (Fsp3) is 1.00. The van der Waals surface area contributed by atoms with Crippen LogP contribution in [-0.2, 0) is 14.6 Å². The van der Waals surface area contributed by atoms with Crippen LogP contribution in [0.2, 0.25) is 0 Å². The standard InChI is InChI=1S/C23H50NO.C2H6O4S/c1-5-24(4,21-22-25)20-18-16-14-12-10-8-6-7-9-11-13-15-17-19-23(2)3;1-2-6-7(3,4)5/h23,25H,5-22H2,1-4H3;2H2,1H3,(H,3,4,5)/q+1;/p-1. The molecule has 0 saturated heterocycles. The fourth-order valence-electron chi connectivity index (χ4n) is 3.80. The summed E-state index contributed by atoms with van der Waals surface area (Å²) in [6.07, 6.45) is 20.0. The Morgan fingerprint density at radius 3 is 1.47 bits per heavy atom. The Bertz CT molecular complexity index is 485. The second-order valence-corrected chi connectivity index (χ2v) is 10.8. The number of nitrogens with zero attached hydrogens (tertiary/aromatic N) is 1. The average Bonchev–Trinajstić information content (AvgIpc) is 2.70. The Balaban J connectivity index is 0. The Labute approximate surface area is 200 Å². The molecule has 0 aliphatic carbocycles. The number of rotatable bonds is 21. The Morgan fingerprint density at radius 2 is 1.19 bits per heavy atom. The second-order valence-electron chi connectivity index (χ2n) is 9.70. The number of quaternary nitrogens is 1. The van der Waals surface area contributed by atoms with Gasteiger partial charge in [0, 0.05) is 0 Å². The van der Waals surface area contributed by atoms with Crippen LogP contribution in [0.1, 0.15) is 118 Å². The van der Waals surface area contributed by atoms with E-state index < -0.39 is 10.4 Å². The minimum atomic E-state index is -4.42. The first-order chi connectivity index (χ1) is 15.1. The monoisotopic (exact) mass is 481 g/mol. The Hall–Kier alpha value is -0.210. The summed E-state index contributed by atoms with van der Waals surface area (Å²) in [5.41, 5.74) is 0. The first-order valence-electron chi connectivity index (χ1n) is 13.1. The lowest BCUT2D eigenvalue weighted by atomic mass is 10.0. The van der Waals surface area contributed by atoms with Crippen molar-refractivity contribution in [3.8, 4) is 0 Å². The van der Waals surface area contributed by atoms with Crippen LogP contribution in [0.4, 0.5) is 0 Å². The van der Waals surface area contributed by atoms with Crippen LogP contribution in [0.25, 0.3) is 0 Å². The van der Waals surface area contributed by atoms with Crippen LogP contribution < -0.4 is 0 Å². The van der Waals surface area contributed by atoms with E-state index in [4.69, 9.17) is 5.11 Å². The van der Waals surface area contributed by atoms with E-state index in [0.29, 0.717) is 6.61 Å². The minimum absolute atomic E-state index is 0.0914. The van der Waals surface area contributed by atoms with Crippen molar-refractivity contribution in [2.75, 3.05) is 39.9 Å². The van der Waals surface area contributed by atoms with Gasteiger partial charge in [0.05, 0.1) is 33.4 Å². The summed E-state index contributed by atoms with van der Waals surface area (Å²) in [5, 5.41) is 9.15. The molecule has 0 fully saturated rings. The molecular weight excluding hydrogens is 426 g/mol. The largest absolute Gasteiger partial charge is 0.726 e. The quantitative estimate of drug-likeness (QED) is 0.0934. The van der Waals surface area contributed by atoms with Gasteiger partial charge in [-0.25, -0.2) is 8.42 Å². The molecule has 1 atom stereocenters. The molecule has 0 spiro atoms. The van der Waals surface area contributed by atoms with Crippen LogP contribution >= 0.6 is 0 Å². The number of aliphatic hydroxyl groups is 1. The lowest BCUT2D eigenvalue weighted by Gasteiger charge is -2.32. The molecule has 6 nitrogen and oxygen atoms in total. The molecule has 0 saturated carbocycles. The van der Waals surface area contributed by atoms with Gasteiger partial charge < -0.3 is 14.1 Å². The summed E-state index contributed by atoms with van der Waals surface area (Å²) in [6.45, 7) is 11.8. The van der Waals surface area contributed by atoms with Crippen LogP contribution in [-0.4, -0.2) is 62.5 Å². The van der Waals surface area contributed by atoms with Gasteiger partial charge in [0.15, 0.2) is 0 Å². The normalized spacial score (nSPS) is 13.6. The van der Waals surface area contributed by atoms with E-state index in [1.165, 1.54) is 103 Å².